The van der Waals surface area contributed by atoms with Crippen molar-refractivity contribution in [2.45, 2.75) is 259 Å². The van der Waals surface area contributed by atoms with Crippen molar-refractivity contribution in [2.24, 2.45) is 5.41 Å². The highest BCUT2D eigenvalue weighted by molar-refractivity contribution is 6.30. The van der Waals surface area contributed by atoms with Crippen molar-refractivity contribution >= 4 is 23.0 Å². The third kappa shape index (κ3) is 24.4. The number of benzene rings is 3. The number of allylic oxidation sites excluding steroid dienone is 3. The van der Waals surface area contributed by atoms with Crippen LogP contribution >= 0.6 is 11.6 Å². The summed E-state index contributed by atoms with van der Waals surface area (Å²) in [5, 5.41) is 11.1. The zero-order valence-corrected chi connectivity index (χ0v) is 60.1. The molecule has 3 aromatic carbocycles. The lowest BCUT2D eigenvalue weighted by Crippen LogP contribution is -2.49. The first kappa shape index (κ1) is 74.5. The van der Waals surface area contributed by atoms with E-state index in [4.69, 9.17) is 26.8 Å². The van der Waals surface area contributed by atoms with Crippen molar-refractivity contribution in [1.29, 1.82) is 0 Å². The molecule has 1 spiro atoms. The number of nitrogens with two attached hydrogens (primary N) is 1. The first-order chi connectivity index (χ1) is 42.2. The van der Waals surface area contributed by atoms with Gasteiger partial charge in [0, 0.05) is 93.0 Å². The van der Waals surface area contributed by atoms with Gasteiger partial charge in [-0.3, -0.25) is 14.7 Å². The molecular weight excluding hydrogens is 1120 g/mol. The summed E-state index contributed by atoms with van der Waals surface area (Å²) in [5.41, 5.74) is 16.9. The number of likely N-dealkylation sites (tertiary alicyclic amines) is 4. The predicted octanol–water partition coefficient (Wildman–Crippen LogP) is 18.0. The minimum atomic E-state index is -0.501. The van der Waals surface area contributed by atoms with E-state index >= 15 is 0 Å². The van der Waals surface area contributed by atoms with Crippen LogP contribution in [0.4, 0.5) is 11.4 Å². The monoisotopic (exact) mass is 1240 g/mol. The van der Waals surface area contributed by atoms with E-state index in [1.165, 1.54) is 162 Å². The molecule has 0 radical (unpaired) electrons. The summed E-state index contributed by atoms with van der Waals surface area (Å²) in [6.07, 6.45) is 29.6. The van der Waals surface area contributed by atoms with Gasteiger partial charge in [-0.1, -0.05) is 150 Å². The van der Waals surface area contributed by atoms with Crippen LogP contribution in [0.2, 0.25) is 5.02 Å². The Labute approximate surface area is 550 Å². The summed E-state index contributed by atoms with van der Waals surface area (Å²) >= 11 is 6.11. The normalized spacial score (nSPS) is 20.9. The Morgan fingerprint density at radius 1 is 0.539 bits per heavy atom. The van der Waals surface area contributed by atoms with Crippen molar-refractivity contribution in [3.8, 4) is 0 Å². The van der Waals surface area contributed by atoms with E-state index in [1.807, 2.05) is 45.0 Å². The number of aliphatic hydroxyl groups is 1. The number of morpholine rings is 1. The van der Waals surface area contributed by atoms with Gasteiger partial charge in [0.1, 0.15) is 0 Å². The molecule has 1 saturated carbocycles. The minimum Gasteiger partial charge on any atom is -0.399 e. The Bertz CT molecular complexity index is 2550. The van der Waals surface area contributed by atoms with E-state index in [0.29, 0.717) is 23.5 Å². The SMILES string of the molecule is CC(C)=CC(CC(C)(C)c1ccc(Cl)cc1)N1CCC(N2CCCCC2)CC1.CC(C)=CC(CC(C)(C)c1ccc(N)cc1)N1CCC(C)(O)CC1.CC(C)=CC(CC(C)(C)c1ccc(N2CCOCC2)cc1)N1CCC2(CCCCC2)CC1.CCOCC. The minimum absolute atomic E-state index is 0.0737. The number of ether oxygens (including phenoxy) is 2. The second-order valence-corrected chi connectivity index (χ2v) is 31.2. The summed E-state index contributed by atoms with van der Waals surface area (Å²) in [4.78, 5) is 13.3. The fraction of sp³-hybridized carbons (Fsp3) is 0.696. The summed E-state index contributed by atoms with van der Waals surface area (Å²) in [6.45, 7) is 48.5. The zero-order valence-electron chi connectivity index (χ0n) is 59.3. The van der Waals surface area contributed by atoms with Gasteiger partial charge >= 0.3 is 0 Å². The van der Waals surface area contributed by atoms with Crippen molar-refractivity contribution in [3.05, 3.63) is 129 Å². The van der Waals surface area contributed by atoms with E-state index in [2.05, 4.69) is 174 Å². The third-order valence-corrected chi connectivity index (χ3v) is 21.2. The number of nitrogens with zero attached hydrogens (tertiary/aromatic N) is 5. The van der Waals surface area contributed by atoms with Gasteiger partial charge in [0.15, 0.2) is 0 Å². The van der Waals surface area contributed by atoms with Gasteiger partial charge in [0.2, 0.25) is 0 Å². The smallest absolute Gasteiger partial charge is 0.0644 e. The van der Waals surface area contributed by atoms with Gasteiger partial charge in [0.25, 0.3) is 0 Å². The molecule has 6 aliphatic rings. The molecule has 5 heterocycles. The molecule has 9 rings (SSSR count). The molecule has 500 valence electrons. The Balaban J connectivity index is 0.000000207. The van der Waals surface area contributed by atoms with Crippen LogP contribution in [0, 0.1) is 5.41 Å². The average Bonchev–Trinajstić information content (AvgIpc) is 1.49. The molecule has 0 amide bonds. The molecule has 89 heavy (non-hydrogen) atoms. The summed E-state index contributed by atoms with van der Waals surface area (Å²) in [6, 6.07) is 28.4. The maximum Gasteiger partial charge on any atom is 0.0644 e. The Morgan fingerprint density at radius 2 is 0.921 bits per heavy atom. The highest BCUT2D eigenvalue weighted by Crippen LogP contribution is 2.46. The van der Waals surface area contributed by atoms with Gasteiger partial charge in [-0.25, -0.2) is 0 Å². The van der Waals surface area contributed by atoms with Crippen LogP contribution in [0.1, 0.15) is 230 Å². The molecule has 3 atom stereocenters. The summed E-state index contributed by atoms with van der Waals surface area (Å²) < 4.78 is 10.4. The van der Waals surface area contributed by atoms with Gasteiger partial charge in [-0.05, 0) is 247 Å². The van der Waals surface area contributed by atoms with Crippen LogP contribution in [0.5, 0.6) is 0 Å². The quantitative estimate of drug-likeness (QED) is 0.0901. The van der Waals surface area contributed by atoms with Gasteiger partial charge in [-0.2, -0.15) is 0 Å². The van der Waals surface area contributed by atoms with Crippen molar-refractivity contribution in [2.75, 3.05) is 103 Å². The second kappa shape index (κ2) is 35.7. The molecule has 6 fully saturated rings. The number of nitrogen functional groups attached to an aromatic ring is 1. The molecule has 5 aliphatic heterocycles. The molecule has 0 bridgehead atoms. The number of hydrogen-bond acceptors (Lipinski definition) is 9. The number of hydrogen-bond donors (Lipinski definition) is 2. The average molecular weight is 1250 g/mol. The van der Waals surface area contributed by atoms with Crippen LogP contribution in [0.15, 0.2) is 108 Å². The Morgan fingerprint density at radius 3 is 1.33 bits per heavy atom. The number of rotatable bonds is 19. The number of piperidine rings is 4. The van der Waals surface area contributed by atoms with Crippen LogP contribution in [0.3, 0.4) is 0 Å². The molecule has 3 aromatic rings. The van der Waals surface area contributed by atoms with Crippen LogP contribution in [-0.2, 0) is 25.7 Å². The van der Waals surface area contributed by atoms with Gasteiger partial charge < -0.3 is 30.1 Å². The van der Waals surface area contributed by atoms with Crippen molar-refractivity contribution in [3.63, 3.8) is 0 Å². The fourth-order valence-electron chi connectivity index (χ4n) is 15.3. The number of anilines is 2. The predicted molar refractivity (Wildman–Crippen MR) is 384 cm³/mol. The van der Waals surface area contributed by atoms with E-state index in [0.717, 1.165) is 95.0 Å². The van der Waals surface area contributed by atoms with Gasteiger partial charge in [-0.15, -0.1) is 0 Å². The molecule has 3 unspecified atom stereocenters. The lowest BCUT2D eigenvalue weighted by Gasteiger charge is -2.47. The van der Waals surface area contributed by atoms with Crippen LogP contribution in [0.25, 0.3) is 0 Å². The van der Waals surface area contributed by atoms with E-state index in [1.54, 1.807) is 0 Å². The maximum absolute atomic E-state index is 10.2. The van der Waals surface area contributed by atoms with Gasteiger partial charge in [0.05, 0.1) is 18.8 Å². The first-order valence-corrected chi connectivity index (χ1v) is 35.9. The molecule has 3 N–H and O–H groups in total. The summed E-state index contributed by atoms with van der Waals surface area (Å²) in [5.74, 6) is 0. The highest BCUT2D eigenvalue weighted by atomic mass is 35.5. The zero-order chi connectivity index (χ0) is 64.8. The molecular formula is C79H129ClN6O3. The molecule has 5 saturated heterocycles. The molecule has 9 nitrogen and oxygen atoms in total. The topological polar surface area (TPSA) is 80.9 Å². The van der Waals surface area contributed by atoms with Crippen molar-refractivity contribution in [1.82, 2.24) is 19.6 Å². The molecule has 10 heteroatoms. The Hall–Kier alpha value is -3.51. The van der Waals surface area contributed by atoms with E-state index in [9.17, 15) is 5.11 Å². The standard InChI is InChI=1S/C29H46N2O.C25H39ClN2.C21H34N2O.C4H10O/c1-24(2)22-27(30-16-14-29(15-17-30)12-6-5-7-13-29)23-28(3,4)25-8-10-26(11-9-25)31-18-20-32-21-19-31;1-20(2)18-24(19-25(3,4)21-8-10-22(26)11-9-21)28-16-12-23(13-17-28)27-14-6-5-7-15-27;1-16(2)14-19(23-12-10-21(5,24)11-13-23)15-20(3,4)17-6-8-18(22)9-7-17;1-3-5-4-2/h8-11,22,27H,5-7,12-21,23H2,1-4H3;8-11,18,23-24H,5-7,12-17,19H2,1-4H3;6-9,14,19,24H,10-13,15,22H2,1-5H3;3-4H2,1-2H3. The van der Waals surface area contributed by atoms with Crippen LogP contribution in [-0.4, -0.2) is 146 Å². The van der Waals surface area contributed by atoms with E-state index in [-0.39, 0.29) is 16.2 Å². The first-order valence-electron chi connectivity index (χ1n) is 35.5. The van der Waals surface area contributed by atoms with E-state index < -0.39 is 5.60 Å². The molecule has 1 aliphatic carbocycles. The third-order valence-electron chi connectivity index (χ3n) is 20.9. The highest BCUT2D eigenvalue weighted by Gasteiger charge is 2.39. The second-order valence-electron chi connectivity index (χ2n) is 30.7. The summed E-state index contributed by atoms with van der Waals surface area (Å²) in [7, 11) is 0. The Kier molecular flexibility index (Phi) is 29.9. The largest absolute Gasteiger partial charge is 0.399 e. The molecule has 0 aromatic heterocycles. The van der Waals surface area contributed by atoms with Crippen LogP contribution < -0.4 is 10.6 Å². The fourth-order valence-corrected chi connectivity index (χ4v) is 15.4. The lowest BCUT2D eigenvalue weighted by molar-refractivity contribution is -0.0140. The maximum atomic E-state index is 10.2. The van der Waals surface area contributed by atoms with Crippen molar-refractivity contribution < 1.29 is 14.6 Å². The lowest BCUT2D eigenvalue weighted by atomic mass is 9.67. The number of halogens is 1.